The summed E-state index contributed by atoms with van der Waals surface area (Å²) in [7, 11) is 1.87. The van der Waals surface area contributed by atoms with Crippen molar-refractivity contribution in [3.05, 3.63) is 33.8 Å². The van der Waals surface area contributed by atoms with E-state index >= 15 is 0 Å². The summed E-state index contributed by atoms with van der Waals surface area (Å²) in [6.07, 6.45) is 3.98. The molecule has 19 heavy (non-hydrogen) atoms. The van der Waals surface area contributed by atoms with E-state index in [9.17, 15) is 0 Å². The van der Waals surface area contributed by atoms with Crippen LogP contribution in [0.1, 0.15) is 18.4 Å². The van der Waals surface area contributed by atoms with Gasteiger partial charge in [-0.3, -0.25) is 4.99 Å². The molecule has 0 radical (unpaired) electrons. The first kappa shape index (κ1) is 14.2. The number of halogens is 2. The monoisotopic (exact) mass is 298 g/mol. The van der Waals surface area contributed by atoms with Crippen molar-refractivity contribution in [2.24, 2.45) is 10.1 Å². The van der Waals surface area contributed by atoms with Crippen molar-refractivity contribution in [1.29, 1.82) is 0 Å². The quantitative estimate of drug-likeness (QED) is 0.673. The first-order valence-electron chi connectivity index (χ1n) is 6.18. The molecular formula is C13H16Cl2N4. The fourth-order valence-electron chi connectivity index (χ4n) is 1.70. The Kier molecular flexibility index (Phi) is 5.05. The van der Waals surface area contributed by atoms with E-state index in [4.69, 9.17) is 23.2 Å². The van der Waals surface area contributed by atoms with Crippen LogP contribution < -0.4 is 5.32 Å². The van der Waals surface area contributed by atoms with Crippen molar-refractivity contribution in [2.45, 2.75) is 12.8 Å². The summed E-state index contributed by atoms with van der Waals surface area (Å²) in [5.41, 5.74) is 0.899. The molecule has 0 aliphatic carbocycles. The molecule has 1 aromatic carbocycles. The van der Waals surface area contributed by atoms with Crippen LogP contribution in [-0.2, 0) is 0 Å². The zero-order valence-electron chi connectivity index (χ0n) is 10.7. The minimum atomic E-state index is 0.526. The van der Waals surface area contributed by atoms with Gasteiger partial charge in [-0.05, 0) is 30.5 Å². The summed E-state index contributed by atoms with van der Waals surface area (Å²) in [6.45, 7) is 1.78. The van der Waals surface area contributed by atoms with Crippen molar-refractivity contribution in [1.82, 2.24) is 10.3 Å². The van der Waals surface area contributed by atoms with Crippen LogP contribution in [0.2, 0.25) is 10.0 Å². The van der Waals surface area contributed by atoms with Crippen LogP contribution in [0, 0.1) is 0 Å². The van der Waals surface area contributed by atoms with Gasteiger partial charge in [-0.2, -0.15) is 5.10 Å². The third-order valence-electron chi connectivity index (χ3n) is 2.76. The molecule has 1 heterocycles. The topological polar surface area (TPSA) is 40.0 Å². The van der Waals surface area contributed by atoms with Crippen LogP contribution in [0.15, 0.2) is 28.3 Å². The molecule has 102 valence electrons. The summed E-state index contributed by atoms with van der Waals surface area (Å²) in [5, 5.41) is 10.4. The Morgan fingerprint density at radius 3 is 2.95 bits per heavy atom. The predicted molar refractivity (Wildman–Crippen MR) is 81.4 cm³/mol. The maximum atomic E-state index is 5.96. The maximum absolute atomic E-state index is 5.96. The summed E-state index contributed by atoms with van der Waals surface area (Å²) >= 11 is 11.8. The van der Waals surface area contributed by atoms with Gasteiger partial charge in [-0.1, -0.05) is 29.3 Å². The number of aliphatic imine (C=N–C) groups is 1. The van der Waals surface area contributed by atoms with E-state index in [-0.39, 0.29) is 0 Å². The molecule has 6 heteroatoms. The predicted octanol–water partition coefficient (Wildman–Crippen LogP) is 3.00. The highest BCUT2D eigenvalue weighted by atomic mass is 35.5. The minimum Gasteiger partial charge on any atom is -0.355 e. The zero-order chi connectivity index (χ0) is 13.7. The van der Waals surface area contributed by atoms with E-state index < -0.39 is 0 Å². The van der Waals surface area contributed by atoms with Crippen LogP contribution in [-0.4, -0.2) is 37.3 Å². The van der Waals surface area contributed by atoms with Crippen LogP contribution in [0.25, 0.3) is 0 Å². The Morgan fingerprint density at radius 2 is 2.16 bits per heavy atom. The lowest BCUT2D eigenvalue weighted by Crippen LogP contribution is -2.35. The number of rotatable bonds is 2. The van der Waals surface area contributed by atoms with E-state index in [0.717, 1.165) is 37.5 Å². The van der Waals surface area contributed by atoms with Crippen molar-refractivity contribution < 1.29 is 0 Å². The van der Waals surface area contributed by atoms with Gasteiger partial charge < -0.3 is 5.32 Å². The van der Waals surface area contributed by atoms with Crippen molar-refractivity contribution >= 4 is 35.4 Å². The molecule has 0 amide bonds. The van der Waals surface area contributed by atoms with Gasteiger partial charge in [-0.25, -0.2) is 5.01 Å². The number of hydrogen-bond acceptors (Lipinski definition) is 4. The average molecular weight is 299 g/mol. The fraction of sp³-hybridized carbons (Fsp3) is 0.385. The van der Waals surface area contributed by atoms with E-state index in [0.29, 0.717) is 10.0 Å². The standard InChI is InChI=1S/C13H16Cl2N4/c1-19(13-16-6-2-3-7-17-13)18-9-10-4-5-11(14)12(15)8-10/h4-5,8-9H,2-3,6-7H2,1H3,(H,16,17)/b18-9+. The summed E-state index contributed by atoms with van der Waals surface area (Å²) < 4.78 is 0. The number of hydrazone groups is 1. The summed E-state index contributed by atoms with van der Waals surface area (Å²) in [5.74, 6) is 0.800. The molecular weight excluding hydrogens is 283 g/mol. The normalized spacial score (nSPS) is 15.8. The van der Waals surface area contributed by atoms with Gasteiger partial charge in [0.25, 0.3) is 0 Å². The van der Waals surface area contributed by atoms with Crippen LogP contribution >= 0.6 is 23.2 Å². The second-order valence-electron chi connectivity index (χ2n) is 4.28. The molecule has 1 N–H and O–H groups in total. The molecule has 0 bridgehead atoms. The molecule has 0 unspecified atom stereocenters. The average Bonchev–Trinajstić information content (AvgIpc) is 2.69. The van der Waals surface area contributed by atoms with Gasteiger partial charge >= 0.3 is 0 Å². The Hall–Kier alpha value is -1.26. The molecule has 0 saturated heterocycles. The highest BCUT2D eigenvalue weighted by molar-refractivity contribution is 6.42. The van der Waals surface area contributed by atoms with Gasteiger partial charge in [0, 0.05) is 20.1 Å². The first-order valence-corrected chi connectivity index (χ1v) is 6.93. The van der Waals surface area contributed by atoms with Gasteiger partial charge in [-0.15, -0.1) is 0 Å². The van der Waals surface area contributed by atoms with Crippen LogP contribution in [0.5, 0.6) is 0 Å². The molecule has 0 spiro atoms. The zero-order valence-corrected chi connectivity index (χ0v) is 12.2. The molecule has 0 atom stereocenters. The number of hydrogen-bond donors (Lipinski definition) is 1. The lowest BCUT2D eigenvalue weighted by Gasteiger charge is -2.15. The first-order chi connectivity index (χ1) is 9.16. The SMILES string of the molecule is CN(/N=C/c1ccc(Cl)c(Cl)c1)C1=NCCCCN1. The molecule has 0 saturated carbocycles. The van der Waals surface area contributed by atoms with Gasteiger partial charge in [0.05, 0.1) is 16.3 Å². The largest absolute Gasteiger partial charge is 0.355 e. The van der Waals surface area contributed by atoms with Crippen molar-refractivity contribution in [2.75, 3.05) is 20.1 Å². The molecule has 2 rings (SSSR count). The molecule has 4 nitrogen and oxygen atoms in total. The maximum Gasteiger partial charge on any atom is 0.214 e. The lowest BCUT2D eigenvalue weighted by molar-refractivity contribution is 0.521. The van der Waals surface area contributed by atoms with E-state index in [1.807, 2.05) is 13.1 Å². The molecule has 1 aromatic rings. The molecule has 1 aliphatic heterocycles. The molecule has 1 aliphatic rings. The second kappa shape index (κ2) is 6.78. The molecule has 0 aromatic heterocycles. The highest BCUT2D eigenvalue weighted by Gasteiger charge is 2.06. The van der Waals surface area contributed by atoms with Crippen LogP contribution in [0.4, 0.5) is 0 Å². The minimum absolute atomic E-state index is 0.526. The summed E-state index contributed by atoms with van der Waals surface area (Å²) in [4.78, 5) is 4.44. The van der Waals surface area contributed by atoms with Crippen molar-refractivity contribution in [3.63, 3.8) is 0 Å². The molecule has 0 fully saturated rings. The second-order valence-corrected chi connectivity index (χ2v) is 5.10. The Bertz CT molecular complexity index is 499. The van der Waals surface area contributed by atoms with E-state index in [1.165, 1.54) is 0 Å². The third kappa shape index (κ3) is 4.11. The number of benzene rings is 1. The van der Waals surface area contributed by atoms with E-state index in [1.54, 1.807) is 23.4 Å². The van der Waals surface area contributed by atoms with Gasteiger partial charge in [0.15, 0.2) is 0 Å². The number of nitrogens with zero attached hydrogens (tertiary/aromatic N) is 3. The lowest BCUT2D eigenvalue weighted by atomic mass is 10.2. The smallest absolute Gasteiger partial charge is 0.214 e. The van der Waals surface area contributed by atoms with Gasteiger partial charge in [0.2, 0.25) is 5.96 Å². The number of guanidine groups is 1. The van der Waals surface area contributed by atoms with E-state index in [2.05, 4.69) is 15.4 Å². The Labute approximate surface area is 123 Å². The van der Waals surface area contributed by atoms with Crippen LogP contribution in [0.3, 0.4) is 0 Å². The Balaban J connectivity index is 2.04. The number of nitrogens with one attached hydrogen (secondary N) is 1. The fourth-order valence-corrected chi connectivity index (χ4v) is 2.00. The summed E-state index contributed by atoms with van der Waals surface area (Å²) in [6, 6.07) is 5.41. The van der Waals surface area contributed by atoms with Gasteiger partial charge in [0.1, 0.15) is 0 Å². The third-order valence-corrected chi connectivity index (χ3v) is 3.50. The Morgan fingerprint density at radius 1 is 1.32 bits per heavy atom. The van der Waals surface area contributed by atoms with Crippen molar-refractivity contribution in [3.8, 4) is 0 Å². The highest BCUT2D eigenvalue weighted by Crippen LogP contribution is 2.21.